The van der Waals surface area contributed by atoms with Crippen LogP contribution in [0.1, 0.15) is 20.9 Å². The maximum absolute atomic E-state index is 11.9. The number of thiazole rings is 1. The molecule has 0 saturated heterocycles. The standard InChI is InChI=1S/C11H11N3O2S/c1-6-4-3-5-12-9(6)14-10(15)8-7(2)13-11(16)17-8/h3-5H,1-2H3,(H,13,16)(H,12,14,15). The lowest BCUT2D eigenvalue weighted by molar-refractivity contribution is 0.102. The van der Waals surface area contributed by atoms with Gasteiger partial charge in [-0.3, -0.25) is 9.59 Å². The van der Waals surface area contributed by atoms with E-state index >= 15 is 0 Å². The van der Waals surface area contributed by atoms with Crippen LogP contribution in [0.4, 0.5) is 5.82 Å². The quantitative estimate of drug-likeness (QED) is 0.850. The predicted octanol–water partition coefficient (Wildman–Crippen LogP) is 1.70. The van der Waals surface area contributed by atoms with Crippen molar-refractivity contribution in [2.45, 2.75) is 13.8 Å². The number of carbonyl (C=O) groups excluding carboxylic acids is 1. The second-order valence-electron chi connectivity index (χ2n) is 3.59. The molecule has 2 aromatic heterocycles. The lowest BCUT2D eigenvalue weighted by atomic mass is 10.3. The van der Waals surface area contributed by atoms with Gasteiger partial charge < -0.3 is 10.3 Å². The van der Waals surface area contributed by atoms with E-state index in [1.807, 2.05) is 13.0 Å². The fraction of sp³-hybridized carbons (Fsp3) is 0.182. The van der Waals surface area contributed by atoms with Crippen LogP contribution in [-0.2, 0) is 0 Å². The van der Waals surface area contributed by atoms with Crippen molar-refractivity contribution in [2.24, 2.45) is 0 Å². The zero-order valence-electron chi connectivity index (χ0n) is 9.40. The van der Waals surface area contributed by atoms with Crippen molar-refractivity contribution in [1.82, 2.24) is 9.97 Å². The fourth-order valence-electron chi connectivity index (χ4n) is 1.40. The molecule has 6 heteroatoms. The number of hydrogen-bond acceptors (Lipinski definition) is 4. The van der Waals surface area contributed by atoms with Crippen LogP contribution < -0.4 is 10.2 Å². The molecular weight excluding hydrogens is 238 g/mol. The van der Waals surface area contributed by atoms with Crippen molar-refractivity contribution in [3.8, 4) is 0 Å². The van der Waals surface area contributed by atoms with E-state index in [1.54, 1.807) is 19.2 Å². The van der Waals surface area contributed by atoms with Crippen LogP contribution in [0.3, 0.4) is 0 Å². The molecular formula is C11H11N3O2S. The number of rotatable bonds is 2. The largest absolute Gasteiger partial charge is 0.316 e. The SMILES string of the molecule is Cc1cccnc1NC(=O)c1sc(=O)[nH]c1C. The molecule has 1 amide bonds. The highest BCUT2D eigenvalue weighted by Gasteiger charge is 2.14. The predicted molar refractivity (Wildman–Crippen MR) is 66.6 cm³/mol. The molecule has 2 rings (SSSR count). The van der Waals surface area contributed by atoms with Crippen molar-refractivity contribution in [3.63, 3.8) is 0 Å². The summed E-state index contributed by atoms with van der Waals surface area (Å²) in [7, 11) is 0. The average Bonchev–Trinajstić information content (AvgIpc) is 2.61. The Hall–Kier alpha value is -1.95. The molecule has 0 radical (unpaired) electrons. The van der Waals surface area contributed by atoms with Gasteiger partial charge in [-0.2, -0.15) is 0 Å². The molecule has 2 aromatic rings. The van der Waals surface area contributed by atoms with E-state index in [4.69, 9.17) is 0 Å². The van der Waals surface area contributed by atoms with Crippen molar-refractivity contribution >= 4 is 23.1 Å². The molecule has 0 aliphatic heterocycles. The van der Waals surface area contributed by atoms with Gasteiger partial charge in [0, 0.05) is 11.9 Å². The minimum atomic E-state index is -0.312. The Morgan fingerprint density at radius 3 is 2.82 bits per heavy atom. The van der Waals surface area contributed by atoms with Gasteiger partial charge in [-0.25, -0.2) is 4.98 Å². The molecule has 0 spiro atoms. The minimum Gasteiger partial charge on any atom is -0.316 e. The first-order valence-electron chi connectivity index (χ1n) is 5.00. The first-order chi connectivity index (χ1) is 8.08. The van der Waals surface area contributed by atoms with Crippen molar-refractivity contribution in [3.05, 3.63) is 44.1 Å². The highest BCUT2D eigenvalue weighted by atomic mass is 32.1. The summed E-state index contributed by atoms with van der Waals surface area (Å²) in [5.41, 5.74) is 1.45. The molecule has 0 aliphatic rings. The number of amides is 1. The highest BCUT2D eigenvalue weighted by Crippen LogP contribution is 2.14. The molecule has 2 heterocycles. The van der Waals surface area contributed by atoms with Gasteiger partial charge in [0.05, 0.1) is 0 Å². The van der Waals surface area contributed by atoms with Crippen LogP contribution in [0, 0.1) is 13.8 Å². The van der Waals surface area contributed by atoms with E-state index in [0.29, 0.717) is 16.4 Å². The molecule has 0 bridgehead atoms. The first-order valence-corrected chi connectivity index (χ1v) is 5.82. The van der Waals surface area contributed by atoms with Gasteiger partial charge in [-0.05, 0) is 25.5 Å². The van der Waals surface area contributed by atoms with Gasteiger partial charge in [0.15, 0.2) is 0 Å². The Balaban J connectivity index is 2.26. The van der Waals surface area contributed by atoms with Crippen molar-refractivity contribution < 1.29 is 4.79 Å². The van der Waals surface area contributed by atoms with Gasteiger partial charge in [0.1, 0.15) is 10.7 Å². The second-order valence-corrected chi connectivity index (χ2v) is 4.57. The van der Waals surface area contributed by atoms with Gasteiger partial charge in [-0.15, -0.1) is 0 Å². The molecule has 5 nitrogen and oxygen atoms in total. The van der Waals surface area contributed by atoms with Crippen LogP contribution in [0.25, 0.3) is 0 Å². The molecule has 0 saturated carbocycles. The normalized spacial score (nSPS) is 10.2. The Morgan fingerprint density at radius 2 is 2.24 bits per heavy atom. The third kappa shape index (κ3) is 2.42. The van der Waals surface area contributed by atoms with Crippen molar-refractivity contribution in [1.29, 1.82) is 0 Å². The van der Waals surface area contributed by atoms with Gasteiger partial charge >= 0.3 is 4.87 Å². The maximum atomic E-state index is 11.9. The molecule has 0 fully saturated rings. The Kier molecular flexibility index (Phi) is 3.06. The van der Waals surface area contributed by atoms with Gasteiger partial charge in [-0.1, -0.05) is 17.4 Å². The topological polar surface area (TPSA) is 74.8 Å². The number of pyridine rings is 1. The van der Waals surface area contributed by atoms with Gasteiger partial charge in [0.25, 0.3) is 5.91 Å². The van der Waals surface area contributed by atoms with Crippen LogP contribution in [0.15, 0.2) is 23.1 Å². The smallest absolute Gasteiger partial charge is 0.305 e. The number of aryl methyl sites for hydroxylation is 2. The second kappa shape index (κ2) is 4.50. The van der Waals surface area contributed by atoms with Crippen LogP contribution in [0.2, 0.25) is 0 Å². The molecule has 2 N–H and O–H groups in total. The van der Waals surface area contributed by atoms with Crippen LogP contribution >= 0.6 is 11.3 Å². The van der Waals surface area contributed by atoms with E-state index < -0.39 is 0 Å². The summed E-state index contributed by atoms with van der Waals surface area (Å²) >= 11 is 0.897. The third-order valence-corrected chi connectivity index (χ3v) is 3.26. The minimum absolute atomic E-state index is 0.231. The lowest BCUT2D eigenvalue weighted by Gasteiger charge is -2.05. The number of aromatic nitrogens is 2. The van der Waals surface area contributed by atoms with E-state index in [2.05, 4.69) is 15.3 Å². The molecule has 88 valence electrons. The monoisotopic (exact) mass is 249 g/mol. The summed E-state index contributed by atoms with van der Waals surface area (Å²) in [5.74, 6) is 0.199. The molecule has 0 atom stereocenters. The Morgan fingerprint density at radius 1 is 1.47 bits per heavy atom. The van der Waals surface area contributed by atoms with E-state index in [9.17, 15) is 9.59 Å². The number of anilines is 1. The maximum Gasteiger partial charge on any atom is 0.305 e. The Labute approximate surface area is 102 Å². The zero-order chi connectivity index (χ0) is 12.4. The van der Waals surface area contributed by atoms with E-state index in [0.717, 1.165) is 16.9 Å². The summed E-state index contributed by atoms with van der Waals surface area (Å²) in [6.07, 6.45) is 1.61. The van der Waals surface area contributed by atoms with E-state index in [1.165, 1.54) is 0 Å². The summed E-state index contributed by atoms with van der Waals surface area (Å²) in [4.78, 5) is 29.8. The number of carbonyl (C=O) groups is 1. The molecule has 0 aliphatic carbocycles. The fourth-order valence-corrected chi connectivity index (χ4v) is 2.14. The number of hydrogen-bond donors (Lipinski definition) is 2. The van der Waals surface area contributed by atoms with Crippen LogP contribution in [0.5, 0.6) is 0 Å². The molecule has 0 aromatic carbocycles. The number of nitrogens with zero attached hydrogens (tertiary/aromatic N) is 1. The summed E-state index contributed by atoms with van der Waals surface area (Å²) in [6.45, 7) is 3.55. The lowest BCUT2D eigenvalue weighted by Crippen LogP contribution is -2.13. The molecule has 0 unspecified atom stereocenters. The third-order valence-electron chi connectivity index (χ3n) is 2.27. The van der Waals surface area contributed by atoms with E-state index in [-0.39, 0.29) is 10.8 Å². The summed E-state index contributed by atoms with van der Waals surface area (Å²) in [6, 6.07) is 3.65. The highest BCUT2D eigenvalue weighted by molar-refractivity contribution is 7.11. The summed E-state index contributed by atoms with van der Waals surface area (Å²) in [5, 5.41) is 2.68. The molecule has 17 heavy (non-hydrogen) atoms. The number of nitrogens with one attached hydrogen (secondary N) is 2. The van der Waals surface area contributed by atoms with Crippen molar-refractivity contribution in [2.75, 3.05) is 5.32 Å². The zero-order valence-corrected chi connectivity index (χ0v) is 10.2. The van der Waals surface area contributed by atoms with Gasteiger partial charge in [0.2, 0.25) is 0 Å². The summed E-state index contributed by atoms with van der Waals surface area (Å²) < 4.78 is 0. The first kappa shape index (κ1) is 11.5. The number of aromatic amines is 1. The Bertz CT molecular complexity index is 615. The van der Waals surface area contributed by atoms with Crippen LogP contribution in [-0.4, -0.2) is 15.9 Å². The number of H-pyrrole nitrogens is 1. The average molecular weight is 249 g/mol.